The number of rotatable bonds is 3. The summed E-state index contributed by atoms with van der Waals surface area (Å²) in [7, 11) is 1.77. The molecule has 0 fully saturated rings. The highest BCUT2D eigenvalue weighted by molar-refractivity contribution is 7.14. The molecule has 0 aliphatic carbocycles. The van der Waals surface area contributed by atoms with Crippen LogP contribution in [0.1, 0.15) is 13.3 Å². The standard InChI is InChI=1S/C9H14N2OS/c1-7(10)6-8(12)11(2)9-4-3-5-13-9/h3-5,7H,6,10H2,1-2H3. The second-order valence-electron chi connectivity index (χ2n) is 3.09. The third-order valence-corrected chi connectivity index (χ3v) is 2.65. The summed E-state index contributed by atoms with van der Waals surface area (Å²) in [6.07, 6.45) is 0.397. The molecule has 1 aromatic rings. The number of hydrogen-bond donors (Lipinski definition) is 1. The van der Waals surface area contributed by atoms with Gasteiger partial charge in [0.25, 0.3) is 0 Å². The first-order valence-electron chi connectivity index (χ1n) is 4.17. The van der Waals surface area contributed by atoms with Crippen LogP contribution in [0, 0.1) is 0 Å². The highest BCUT2D eigenvalue weighted by Gasteiger charge is 2.12. The largest absolute Gasteiger partial charge is 0.327 e. The summed E-state index contributed by atoms with van der Waals surface area (Å²) in [4.78, 5) is 13.2. The molecule has 0 saturated carbocycles. The number of carbonyl (C=O) groups is 1. The van der Waals surface area contributed by atoms with E-state index in [0.717, 1.165) is 5.00 Å². The Kier molecular flexibility index (Phi) is 3.45. The molecule has 0 radical (unpaired) electrons. The summed E-state index contributed by atoms with van der Waals surface area (Å²) < 4.78 is 0. The Hall–Kier alpha value is -0.870. The van der Waals surface area contributed by atoms with Crippen molar-refractivity contribution in [1.29, 1.82) is 0 Å². The fourth-order valence-corrected chi connectivity index (χ4v) is 1.71. The normalized spacial score (nSPS) is 12.5. The molecule has 1 heterocycles. The van der Waals surface area contributed by atoms with E-state index in [0.29, 0.717) is 6.42 Å². The fraction of sp³-hybridized carbons (Fsp3) is 0.444. The maximum Gasteiger partial charge on any atom is 0.228 e. The van der Waals surface area contributed by atoms with E-state index in [-0.39, 0.29) is 11.9 Å². The first kappa shape index (κ1) is 10.2. The molecule has 3 nitrogen and oxygen atoms in total. The molecule has 0 aromatic carbocycles. The van der Waals surface area contributed by atoms with Gasteiger partial charge >= 0.3 is 0 Å². The Labute approximate surface area is 82.2 Å². The molecule has 1 rings (SSSR count). The van der Waals surface area contributed by atoms with E-state index in [1.54, 1.807) is 23.3 Å². The molecular formula is C9H14N2OS. The van der Waals surface area contributed by atoms with Gasteiger partial charge in [0, 0.05) is 19.5 Å². The van der Waals surface area contributed by atoms with Crippen LogP contribution < -0.4 is 10.6 Å². The van der Waals surface area contributed by atoms with Crippen molar-refractivity contribution in [3.63, 3.8) is 0 Å². The van der Waals surface area contributed by atoms with Crippen molar-refractivity contribution in [3.8, 4) is 0 Å². The molecule has 1 atom stereocenters. The van der Waals surface area contributed by atoms with Gasteiger partial charge in [0.2, 0.25) is 5.91 Å². The van der Waals surface area contributed by atoms with Crippen LogP contribution in [0.25, 0.3) is 0 Å². The predicted octanol–water partition coefficient (Wildman–Crippen LogP) is 1.45. The SMILES string of the molecule is CC(N)CC(=O)N(C)c1cccs1. The van der Waals surface area contributed by atoms with Crippen LogP contribution >= 0.6 is 11.3 Å². The fourth-order valence-electron chi connectivity index (χ4n) is 0.996. The maximum atomic E-state index is 11.5. The number of amides is 1. The lowest BCUT2D eigenvalue weighted by atomic mass is 10.2. The molecule has 4 heteroatoms. The van der Waals surface area contributed by atoms with Gasteiger partial charge in [-0.2, -0.15) is 0 Å². The summed E-state index contributed by atoms with van der Waals surface area (Å²) in [5, 5.41) is 2.91. The first-order valence-corrected chi connectivity index (χ1v) is 5.05. The number of nitrogens with two attached hydrogens (primary N) is 1. The summed E-state index contributed by atoms with van der Waals surface area (Å²) in [5.41, 5.74) is 5.54. The Morgan fingerprint density at radius 1 is 1.77 bits per heavy atom. The Bertz CT molecular complexity index is 269. The number of anilines is 1. The van der Waals surface area contributed by atoms with Crippen LogP contribution in [0.3, 0.4) is 0 Å². The van der Waals surface area contributed by atoms with Gasteiger partial charge in [-0.05, 0) is 24.4 Å². The van der Waals surface area contributed by atoms with E-state index >= 15 is 0 Å². The second kappa shape index (κ2) is 4.39. The van der Waals surface area contributed by atoms with E-state index < -0.39 is 0 Å². The molecule has 0 aliphatic heterocycles. The van der Waals surface area contributed by atoms with Gasteiger partial charge in [-0.1, -0.05) is 0 Å². The average Bonchev–Trinajstić information content (AvgIpc) is 2.53. The molecule has 0 aliphatic rings. The highest BCUT2D eigenvalue weighted by Crippen LogP contribution is 2.20. The van der Waals surface area contributed by atoms with E-state index in [2.05, 4.69) is 0 Å². The number of carbonyl (C=O) groups excluding carboxylic acids is 1. The maximum absolute atomic E-state index is 11.5. The molecule has 1 aromatic heterocycles. The average molecular weight is 198 g/mol. The number of thiophene rings is 1. The molecule has 0 spiro atoms. The zero-order valence-electron chi connectivity index (χ0n) is 7.86. The van der Waals surface area contributed by atoms with E-state index in [1.165, 1.54) is 0 Å². The predicted molar refractivity (Wildman–Crippen MR) is 56.0 cm³/mol. The van der Waals surface area contributed by atoms with Gasteiger partial charge in [0.1, 0.15) is 0 Å². The van der Waals surface area contributed by atoms with E-state index in [9.17, 15) is 4.79 Å². The van der Waals surface area contributed by atoms with Gasteiger partial charge < -0.3 is 10.6 Å². The minimum absolute atomic E-state index is 0.0671. The lowest BCUT2D eigenvalue weighted by Crippen LogP contribution is -2.31. The summed E-state index contributed by atoms with van der Waals surface area (Å²) >= 11 is 1.55. The topological polar surface area (TPSA) is 46.3 Å². The third-order valence-electron chi connectivity index (χ3n) is 1.71. The van der Waals surface area contributed by atoms with Gasteiger partial charge in [-0.15, -0.1) is 11.3 Å². The van der Waals surface area contributed by atoms with Gasteiger partial charge in [-0.3, -0.25) is 4.79 Å². The van der Waals surface area contributed by atoms with Crippen LogP contribution in [0.4, 0.5) is 5.00 Å². The summed E-state index contributed by atoms with van der Waals surface area (Å²) in [6, 6.07) is 3.77. The van der Waals surface area contributed by atoms with Crippen LogP contribution in [0.15, 0.2) is 17.5 Å². The van der Waals surface area contributed by atoms with Crippen LogP contribution in [0.5, 0.6) is 0 Å². The molecule has 1 unspecified atom stereocenters. The Morgan fingerprint density at radius 3 is 2.92 bits per heavy atom. The van der Waals surface area contributed by atoms with E-state index in [4.69, 9.17) is 5.73 Å². The van der Waals surface area contributed by atoms with Crippen molar-refractivity contribution in [2.24, 2.45) is 5.73 Å². The molecule has 2 N–H and O–H groups in total. The smallest absolute Gasteiger partial charge is 0.228 e. The van der Waals surface area contributed by atoms with E-state index in [1.807, 2.05) is 24.4 Å². The zero-order valence-corrected chi connectivity index (χ0v) is 8.67. The van der Waals surface area contributed by atoms with Gasteiger partial charge in [0.05, 0.1) is 5.00 Å². The van der Waals surface area contributed by atoms with Gasteiger partial charge in [-0.25, -0.2) is 0 Å². The monoisotopic (exact) mass is 198 g/mol. The van der Waals surface area contributed by atoms with Crippen LogP contribution in [0.2, 0.25) is 0 Å². The minimum Gasteiger partial charge on any atom is -0.327 e. The first-order chi connectivity index (χ1) is 6.11. The summed E-state index contributed by atoms with van der Waals surface area (Å²) in [6.45, 7) is 1.83. The van der Waals surface area contributed by atoms with Crippen LogP contribution in [-0.4, -0.2) is 19.0 Å². The number of hydrogen-bond acceptors (Lipinski definition) is 3. The number of nitrogens with zero attached hydrogens (tertiary/aromatic N) is 1. The molecule has 0 saturated heterocycles. The molecular weight excluding hydrogens is 184 g/mol. The molecule has 13 heavy (non-hydrogen) atoms. The Balaban J connectivity index is 2.58. The summed E-state index contributed by atoms with van der Waals surface area (Å²) in [5.74, 6) is 0.0671. The van der Waals surface area contributed by atoms with Crippen molar-refractivity contribution in [2.45, 2.75) is 19.4 Å². The Morgan fingerprint density at radius 2 is 2.46 bits per heavy atom. The third kappa shape index (κ3) is 2.82. The van der Waals surface area contributed by atoms with Crippen molar-refractivity contribution in [2.75, 3.05) is 11.9 Å². The molecule has 72 valence electrons. The van der Waals surface area contributed by atoms with Crippen molar-refractivity contribution in [3.05, 3.63) is 17.5 Å². The minimum atomic E-state index is -0.0742. The second-order valence-corrected chi connectivity index (χ2v) is 4.01. The lowest BCUT2D eigenvalue weighted by Gasteiger charge is -2.15. The molecule has 0 bridgehead atoms. The quantitative estimate of drug-likeness (QED) is 0.799. The van der Waals surface area contributed by atoms with Gasteiger partial charge in [0.15, 0.2) is 0 Å². The lowest BCUT2D eigenvalue weighted by molar-refractivity contribution is -0.118. The molecule has 1 amide bonds. The van der Waals surface area contributed by atoms with Crippen molar-refractivity contribution >= 4 is 22.2 Å². The van der Waals surface area contributed by atoms with Crippen LogP contribution in [-0.2, 0) is 4.79 Å². The highest BCUT2D eigenvalue weighted by atomic mass is 32.1. The van der Waals surface area contributed by atoms with Crippen molar-refractivity contribution in [1.82, 2.24) is 0 Å². The van der Waals surface area contributed by atoms with Crippen molar-refractivity contribution < 1.29 is 4.79 Å². The zero-order chi connectivity index (χ0) is 9.84.